The van der Waals surface area contributed by atoms with Gasteiger partial charge in [-0.15, -0.1) is 0 Å². The quantitative estimate of drug-likeness (QED) is 0.165. The molecule has 214 valence electrons. The number of carbonyl (C=O) groups excluding carboxylic acids is 1. The zero-order valence-corrected chi connectivity index (χ0v) is 24.4. The molecule has 2 saturated carbocycles. The number of allylic oxidation sites excluding steroid dienone is 2. The highest BCUT2D eigenvalue weighted by molar-refractivity contribution is 6.31. The first-order valence-corrected chi connectivity index (χ1v) is 15.2. The van der Waals surface area contributed by atoms with Crippen molar-refractivity contribution in [3.8, 4) is 5.75 Å². The predicted octanol–water partition coefficient (Wildman–Crippen LogP) is 7.40. The second-order valence-electron chi connectivity index (χ2n) is 11.9. The van der Waals surface area contributed by atoms with Crippen LogP contribution in [-0.4, -0.2) is 42.4 Å². The monoisotopic (exact) mass is 557 g/mol. The maximum absolute atomic E-state index is 14.7. The Labute approximate surface area is 238 Å². The molecule has 0 spiro atoms. The van der Waals surface area contributed by atoms with Crippen molar-refractivity contribution >= 4 is 23.3 Å². The summed E-state index contributed by atoms with van der Waals surface area (Å²) in [7, 11) is 0. The summed E-state index contributed by atoms with van der Waals surface area (Å²) in [6.07, 6.45) is 14.3. The number of ether oxygens (including phenoxy) is 1. The van der Waals surface area contributed by atoms with E-state index in [-0.39, 0.29) is 24.2 Å². The number of amidine groups is 1. The van der Waals surface area contributed by atoms with Gasteiger partial charge in [-0.25, -0.2) is 9.38 Å². The molecule has 5 nitrogen and oxygen atoms in total. The fourth-order valence-corrected chi connectivity index (χ4v) is 6.48. The van der Waals surface area contributed by atoms with E-state index in [0.717, 1.165) is 75.7 Å². The lowest BCUT2D eigenvalue weighted by molar-refractivity contribution is -0.121. The van der Waals surface area contributed by atoms with Gasteiger partial charge in [-0.05, 0) is 79.9 Å². The molecule has 2 unspecified atom stereocenters. The Bertz CT molecular complexity index is 1060. The summed E-state index contributed by atoms with van der Waals surface area (Å²) in [5.41, 5.74) is 0.717. The second-order valence-corrected chi connectivity index (χ2v) is 12.3. The molecule has 1 aliphatic heterocycles. The molecule has 39 heavy (non-hydrogen) atoms. The molecule has 0 bridgehead atoms. The molecule has 1 amide bonds. The van der Waals surface area contributed by atoms with Crippen molar-refractivity contribution in [3.05, 3.63) is 53.5 Å². The number of halogens is 2. The molecule has 4 rings (SSSR count). The van der Waals surface area contributed by atoms with Crippen LogP contribution in [0.1, 0.15) is 83.6 Å². The molecule has 0 aromatic heterocycles. The number of amides is 1. The van der Waals surface area contributed by atoms with Crippen LogP contribution in [-0.2, 0) is 11.2 Å². The first kappa shape index (κ1) is 29.6. The third-order valence-corrected chi connectivity index (χ3v) is 9.19. The molecule has 3 aliphatic rings. The fourth-order valence-electron chi connectivity index (χ4n) is 6.43. The van der Waals surface area contributed by atoms with Crippen LogP contribution in [0.5, 0.6) is 5.75 Å². The third-order valence-electron chi connectivity index (χ3n) is 8.94. The van der Waals surface area contributed by atoms with Crippen LogP contribution in [0.15, 0.2) is 47.1 Å². The van der Waals surface area contributed by atoms with Gasteiger partial charge in [-0.3, -0.25) is 4.79 Å². The van der Waals surface area contributed by atoms with Gasteiger partial charge in [0.25, 0.3) is 0 Å². The number of hydrogen-bond acceptors (Lipinski definition) is 3. The van der Waals surface area contributed by atoms with Gasteiger partial charge in [0.15, 0.2) is 0 Å². The number of aliphatic imine (C=N–C) groups is 1. The Kier molecular flexibility index (Phi) is 10.5. The largest absolute Gasteiger partial charge is 0.493 e. The van der Waals surface area contributed by atoms with E-state index in [9.17, 15) is 9.18 Å². The van der Waals surface area contributed by atoms with E-state index in [0.29, 0.717) is 28.4 Å². The average molecular weight is 558 g/mol. The van der Waals surface area contributed by atoms with Crippen LogP contribution in [0.3, 0.4) is 0 Å². The molecule has 2 atom stereocenters. The molecule has 7 heteroatoms. The van der Waals surface area contributed by atoms with Gasteiger partial charge < -0.3 is 15.0 Å². The van der Waals surface area contributed by atoms with Gasteiger partial charge in [-0.1, -0.05) is 50.9 Å². The highest BCUT2D eigenvalue weighted by Crippen LogP contribution is 2.60. The number of nitrogens with zero attached hydrogens (tertiary/aromatic N) is 2. The minimum Gasteiger partial charge on any atom is -0.493 e. The maximum atomic E-state index is 14.7. The lowest BCUT2D eigenvalue weighted by atomic mass is 9.86. The Morgan fingerprint density at radius 2 is 2.03 bits per heavy atom. The van der Waals surface area contributed by atoms with Crippen molar-refractivity contribution in [1.82, 2.24) is 10.2 Å². The van der Waals surface area contributed by atoms with E-state index in [1.807, 2.05) is 0 Å². The van der Waals surface area contributed by atoms with Gasteiger partial charge >= 0.3 is 0 Å². The summed E-state index contributed by atoms with van der Waals surface area (Å²) in [5.74, 6) is 2.64. The number of carbonyl (C=O) groups is 1. The summed E-state index contributed by atoms with van der Waals surface area (Å²) in [6.45, 7) is 10.9. The van der Waals surface area contributed by atoms with Crippen molar-refractivity contribution in [1.29, 1.82) is 0 Å². The number of rotatable bonds is 12. The number of nitrogens with one attached hydrogen (secondary N) is 1. The first-order valence-electron chi connectivity index (χ1n) is 14.8. The number of benzene rings is 1. The van der Waals surface area contributed by atoms with E-state index in [4.69, 9.17) is 16.3 Å². The molecule has 2 aliphatic carbocycles. The second kappa shape index (κ2) is 13.8. The Morgan fingerprint density at radius 3 is 2.69 bits per heavy atom. The summed E-state index contributed by atoms with van der Waals surface area (Å²) in [5, 5.41) is 3.59. The minimum absolute atomic E-state index is 0.0756. The molecule has 3 fully saturated rings. The van der Waals surface area contributed by atoms with Crippen LogP contribution in [0.2, 0.25) is 0 Å². The molecule has 1 heterocycles. The minimum atomic E-state index is -0.371. The molecule has 1 aromatic carbocycles. The Balaban J connectivity index is 1.20. The zero-order valence-electron chi connectivity index (χ0n) is 23.7. The zero-order chi connectivity index (χ0) is 27.8. The predicted molar refractivity (Wildman–Crippen MR) is 158 cm³/mol. The highest BCUT2D eigenvalue weighted by atomic mass is 35.5. The molecule has 1 saturated heterocycles. The van der Waals surface area contributed by atoms with Gasteiger partial charge in [0, 0.05) is 37.8 Å². The fraction of sp³-hybridized carbons (Fsp3) is 0.625. The van der Waals surface area contributed by atoms with Crippen molar-refractivity contribution in [3.63, 3.8) is 0 Å². The molecule has 1 aromatic rings. The number of piperidine rings is 1. The van der Waals surface area contributed by atoms with Crippen molar-refractivity contribution in [2.75, 3.05) is 19.7 Å². The van der Waals surface area contributed by atoms with Crippen molar-refractivity contribution in [2.24, 2.45) is 22.2 Å². The molecular formula is C32H45ClFN3O2. The van der Waals surface area contributed by atoms with Crippen LogP contribution in [0, 0.1) is 23.1 Å². The van der Waals surface area contributed by atoms with E-state index >= 15 is 0 Å². The highest BCUT2D eigenvalue weighted by Gasteiger charge is 2.53. The summed E-state index contributed by atoms with van der Waals surface area (Å²) < 4.78 is 20.6. The average Bonchev–Trinajstić information content (AvgIpc) is 3.32. The van der Waals surface area contributed by atoms with E-state index in [1.54, 1.807) is 24.4 Å². The molecular weight excluding hydrogens is 513 g/mol. The Hall–Kier alpha value is -2.34. The van der Waals surface area contributed by atoms with E-state index in [2.05, 4.69) is 35.6 Å². The van der Waals surface area contributed by atoms with Crippen LogP contribution in [0.4, 0.5) is 4.39 Å². The number of hydrogen-bond donors (Lipinski definition) is 1. The van der Waals surface area contributed by atoms with Crippen LogP contribution >= 0.6 is 11.6 Å². The third kappa shape index (κ3) is 8.33. The summed E-state index contributed by atoms with van der Waals surface area (Å²) in [6, 6.07) is 5.15. The van der Waals surface area contributed by atoms with Crippen LogP contribution in [0.25, 0.3) is 0 Å². The smallest absolute Gasteiger partial charge is 0.224 e. The molecule has 1 N–H and O–H groups in total. The SMILES string of the molecule is C=CC(Cl)=CN=C(CCC)N1CCC(C2CC2(C)CCOc2ccc(CC(=O)NC3CCCC3)c(F)c2)CC1. The van der Waals surface area contributed by atoms with E-state index in [1.165, 1.54) is 25.3 Å². The lowest BCUT2D eigenvalue weighted by Gasteiger charge is -2.35. The van der Waals surface area contributed by atoms with Crippen LogP contribution < -0.4 is 10.1 Å². The normalized spacial score (nSPS) is 24.6. The maximum Gasteiger partial charge on any atom is 0.224 e. The first-order chi connectivity index (χ1) is 18.8. The standard InChI is InChI=1S/C32H45ClFN3O2/c1-4-8-30(35-22-25(33)5-2)37-16-13-23(14-17-37)28-21-32(28,3)15-18-39-27-12-11-24(29(34)20-27)19-31(38)36-26-9-6-7-10-26/h5,11-12,20,22-23,26,28H,2,4,6-10,13-19,21H2,1,3H3,(H,36,38). The van der Waals surface area contributed by atoms with Crippen molar-refractivity contribution in [2.45, 2.75) is 90.5 Å². The molecule has 0 radical (unpaired) electrons. The Morgan fingerprint density at radius 1 is 1.28 bits per heavy atom. The topological polar surface area (TPSA) is 53.9 Å². The summed E-state index contributed by atoms with van der Waals surface area (Å²) >= 11 is 6.07. The van der Waals surface area contributed by atoms with Gasteiger partial charge in [-0.2, -0.15) is 0 Å². The van der Waals surface area contributed by atoms with E-state index < -0.39 is 0 Å². The lowest BCUT2D eigenvalue weighted by Crippen LogP contribution is -2.39. The van der Waals surface area contributed by atoms with Gasteiger partial charge in [0.05, 0.1) is 18.1 Å². The van der Waals surface area contributed by atoms with Gasteiger partial charge in [0.2, 0.25) is 5.91 Å². The van der Waals surface area contributed by atoms with Crippen molar-refractivity contribution < 1.29 is 13.9 Å². The number of likely N-dealkylation sites (tertiary alicyclic amines) is 1. The summed E-state index contributed by atoms with van der Waals surface area (Å²) in [4.78, 5) is 19.3. The van der Waals surface area contributed by atoms with Gasteiger partial charge in [0.1, 0.15) is 17.4 Å².